The number of aromatic nitrogens is 4. The molecule has 6 heteroatoms. The fourth-order valence-electron chi connectivity index (χ4n) is 11.3. The Morgan fingerprint density at radius 1 is 0.425 bits per heavy atom. The normalized spacial score (nSPS) is 13.2. The van der Waals surface area contributed by atoms with Gasteiger partial charge in [-0.25, -0.2) is 0 Å². The van der Waals surface area contributed by atoms with E-state index in [4.69, 9.17) is 14.7 Å². The van der Waals surface area contributed by atoms with Gasteiger partial charge in [0.2, 0.25) is 0 Å². The van der Waals surface area contributed by atoms with Crippen molar-refractivity contribution in [1.29, 1.82) is 0 Å². The number of nitrogens with zero attached hydrogens (tertiary/aromatic N) is 4. The van der Waals surface area contributed by atoms with E-state index in [0.717, 1.165) is 112 Å². The molecule has 1 aliphatic heterocycles. The van der Waals surface area contributed by atoms with Gasteiger partial charge in [0.25, 0.3) is 0 Å². The molecule has 8 aromatic carbocycles. The van der Waals surface area contributed by atoms with Crippen molar-refractivity contribution >= 4 is 43.6 Å². The van der Waals surface area contributed by atoms with Crippen LogP contribution >= 0.6 is 0 Å². The number of pyridine rings is 2. The summed E-state index contributed by atoms with van der Waals surface area (Å²) in [5.74, 6) is 1.55. The van der Waals surface area contributed by atoms with Crippen LogP contribution in [-0.4, -0.2) is 19.1 Å². The molecular formula is C67H52N4OPt. The van der Waals surface area contributed by atoms with Crippen LogP contribution in [0.25, 0.3) is 77.5 Å². The molecular weight excluding hydrogens is 1070 g/mol. The predicted molar refractivity (Wildman–Crippen MR) is 295 cm³/mol. The molecule has 0 unspecified atom stereocenters. The molecule has 12 aromatic rings. The minimum Gasteiger partial charge on any atom is -0.457 e. The second-order valence-electron chi connectivity index (χ2n) is 21.2. The Morgan fingerprint density at radius 3 is 1.26 bits per heavy atom. The Hall–Kier alpha value is -7.85. The molecule has 0 aliphatic carbocycles. The summed E-state index contributed by atoms with van der Waals surface area (Å²) in [4.78, 5) is 11.8. The molecule has 0 fully saturated rings. The van der Waals surface area contributed by atoms with E-state index >= 15 is 0 Å². The molecule has 356 valence electrons. The smallest absolute Gasteiger partial charge is 0.457 e. The van der Waals surface area contributed by atoms with Gasteiger partial charge in [0.1, 0.15) is 16.9 Å². The Balaban J connectivity index is 0.00000543. The van der Waals surface area contributed by atoms with Crippen LogP contribution < -0.4 is 4.74 Å². The van der Waals surface area contributed by atoms with Crippen molar-refractivity contribution in [1.82, 2.24) is 19.1 Å². The average Bonchev–Trinajstić information content (AvgIpc) is 3.93. The minimum absolute atomic E-state index is 0. The maximum absolute atomic E-state index is 7.07. The summed E-state index contributed by atoms with van der Waals surface area (Å²) in [7, 11) is 0. The number of hydrogen-bond donors (Lipinski definition) is 0. The molecule has 0 radical (unpaired) electrons. The van der Waals surface area contributed by atoms with Gasteiger partial charge in [-0.05, 0) is 128 Å². The molecule has 0 spiro atoms. The van der Waals surface area contributed by atoms with E-state index in [1.54, 1.807) is 0 Å². The van der Waals surface area contributed by atoms with Gasteiger partial charge in [0, 0.05) is 33.5 Å². The molecule has 1 aliphatic rings. The Morgan fingerprint density at radius 2 is 0.836 bits per heavy atom. The van der Waals surface area contributed by atoms with E-state index in [1.165, 1.54) is 11.1 Å². The fraction of sp³-hybridized carbons (Fsp3) is 0.134. The van der Waals surface area contributed by atoms with Crippen molar-refractivity contribution in [2.24, 2.45) is 0 Å². The van der Waals surface area contributed by atoms with Crippen molar-refractivity contribution < 1.29 is 25.8 Å². The summed E-state index contributed by atoms with van der Waals surface area (Å²) >= 11 is 0. The van der Waals surface area contributed by atoms with Crippen LogP contribution in [0.4, 0.5) is 0 Å². The van der Waals surface area contributed by atoms with Gasteiger partial charge in [-0.3, -0.25) is 9.97 Å². The van der Waals surface area contributed by atoms with Gasteiger partial charge in [-0.2, -0.15) is 0 Å². The zero-order valence-corrected chi connectivity index (χ0v) is 43.9. The van der Waals surface area contributed by atoms with Gasteiger partial charge in [-0.15, -0.1) is 47.5 Å². The summed E-state index contributed by atoms with van der Waals surface area (Å²) in [5, 5.41) is 4.49. The number of benzene rings is 8. The Kier molecular flexibility index (Phi) is 11.0. The molecule has 0 amide bonds. The summed E-state index contributed by atoms with van der Waals surface area (Å²) in [6.07, 6.45) is 0. The number of fused-ring (bicyclic) bond motifs is 8. The number of ether oxygens (including phenoxy) is 1. The van der Waals surface area contributed by atoms with Crippen LogP contribution in [0.15, 0.2) is 206 Å². The maximum atomic E-state index is 7.07. The van der Waals surface area contributed by atoms with Gasteiger partial charge in [0.15, 0.2) is 0 Å². The summed E-state index contributed by atoms with van der Waals surface area (Å²) in [5.41, 5.74) is 14.8. The predicted octanol–water partition coefficient (Wildman–Crippen LogP) is 16.7. The first kappa shape index (κ1) is 46.2. The third kappa shape index (κ3) is 7.31. The number of para-hydroxylation sites is 4. The minimum atomic E-state index is -1.06. The van der Waals surface area contributed by atoms with E-state index in [2.05, 4.69) is 257 Å². The third-order valence-corrected chi connectivity index (χ3v) is 14.8. The van der Waals surface area contributed by atoms with Gasteiger partial charge >= 0.3 is 21.1 Å². The van der Waals surface area contributed by atoms with E-state index in [9.17, 15) is 0 Å². The van der Waals surface area contributed by atoms with Gasteiger partial charge in [-0.1, -0.05) is 162 Å². The van der Waals surface area contributed by atoms with E-state index in [1.807, 2.05) is 12.1 Å². The van der Waals surface area contributed by atoms with Crippen LogP contribution in [0.3, 0.4) is 0 Å². The molecule has 0 saturated heterocycles. The Labute approximate surface area is 441 Å². The molecule has 5 heterocycles. The van der Waals surface area contributed by atoms with Crippen LogP contribution in [0.2, 0.25) is 0 Å². The number of hydrogen-bond acceptors (Lipinski definition) is 3. The first-order valence-corrected chi connectivity index (χ1v) is 24.9. The fourth-order valence-corrected chi connectivity index (χ4v) is 11.3. The van der Waals surface area contributed by atoms with Crippen molar-refractivity contribution in [3.05, 3.63) is 252 Å². The SMILES string of the molecule is CC(C)(C)c1ccc2c(c1)C(c1cccc(-c3[c-]ccc4c3c3ccccc3n4-c3ccccc3)n1)(c1cccc(-c3[c-]ccc4c3c3ccccc3n4-c3ccccc3)n1)c1cc(C(C)(C)C)ccc1O2.[Pt+2]. The topological polar surface area (TPSA) is 44.9 Å². The molecule has 73 heavy (non-hydrogen) atoms. The summed E-state index contributed by atoms with van der Waals surface area (Å²) in [6.45, 7) is 13.6. The molecule has 0 saturated carbocycles. The molecule has 5 nitrogen and oxygen atoms in total. The van der Waals surface area contributed by atoms with Gasteiger partial charge < -0.3 is 13.9 Å². The summed E-state index contributed by atoms with van der Waals surface area (Å²) in [6, 6.07) is 80.8. The first-order chi connectivity index (χ1) is 35.0. The second kappa shape index (κ2) is 17.4. The Bertz CT molecular complexity index is 3830. The van der Waals surface area contributed by atoms with E-state index in [0.29, 0.717) is 0 Å². The van der Waals surface area contributed by atoms with Gasteiger partial charge in [0.05, 0.1) is 11.4 Å². The van der Waals surface area contributed by atoms with Crippen molar-refractivity contribution in [2.75, 3.05) is 0 Å². The van der Waals surface area contributed by atoms with Crippen LogP contribution in [-0.2, 0) is 37.3 Å². The molecule has 0 N–H and O–H groups in total. The summed E-state index contributed by atoms with van der Waals surface area (Å²) < 4.78 is 11.8. The zero-order chi connectivity index (χ0) is 48.9. The molecule has 0 atom stereocenters. The monoisotopic (exact) mass is 1120 g/mol. The molecule has 0 bridgehead atoms. The second-order valence-corrected chi connectivity index (χ2v) is 21.2. The van der Waals surface area contributed by atoms with Crippen molar-refractivity contribution in [3.63, 3.8) is 0 Å². The van der Waals surface area contributed by atoms with Crippen LogP contribution in [0, 0.1) is 12.1 Å². The van der Waals surface area contributed by atoms with Crippen LogP contribution in [0.5, 0.6) is 11.5 Å². The zero-order valence-electron chi connectivity index (χ0n) is 41.6. The first-order valence-electron chi connectivity index (χ1n) is 24.9. The quantitative estimate of drug-likeness (QED) is 0.156. The average molecular weight is 1120 g/mol. The largest absolute Gasteiger partial charge is 2.00 e. The molecule has 13 rings (SSSR count). The molecule has 4 aromatic heterocycles. The van der Waals surface area contributed by atoms with Crippen molar-refractivity contribution in [2.45, 2.75) is 57.8 Å². The van der Waals surface area contributed by atoms with E-state index in [-0.39, 0.29) is 31.9 Å². The van der Waals surface area contributed by atoms with Crippen LogP contribution in [0.1, 0.15) is 75.2 Å². The standard InChI is InChI=1S/C67H52N4O.Pt/c1-65(2,3)43-37-39-59-51(41-43)67(52-42-44(66(4,5)6)38-40-60(52)72-59,61-35-19-29-53(68-61)47-27-17-33-57-63(47)49-25-13-15-31-55(49)70(57)45-21-9-7-10-22-45)62-36-20-30-54(69-62)48-28-18-34-58-64(48)50-26-14-16-32-56(50)71(58)46-23-11-8-12-24-46;/h7-26,29-42H,1-6H3;/q-2;+2. The maximum Gasteiger partial charge on any atom is 2.00 e. The van der Waals surface area contributed by atoms with E-state index < -0.39 is 5.41 Å². The van der Waals surface area contributed by atoms with Crippen molar-refractivity contribution in [3.8, 4) is 45.4 Å². The third-order valence-electron chi connectivity index (χ3n) is 14.8. The number of rotatable bonds is 6.